The van der Waals surface area contributed by atoms with Gasteiger partial charge in [-0.1, -0.05) is 12.1 Å². The highest BCUT2D eigenvalue weighted by molar-refractivity contribution is 5.55. The molecule has 0 aliphatic carbocycles. The Morgan fingerprint density at radius 2 is 2.28 bits per heavy atom. The Kier molecular flexibility index (Phi) is 3.28. The SMILES string of the molecule is Cc1nn(C)c(NCc2cccc(F)c2)c1C#N. The van der Waals surface area contributed by atoms with E-state index in [9.17, 15) is 4.39 Å². The number of aromatic nitrogens is 2. The molecule has 0 fully saturated rings. The molecule has 92 valence electrons. The highest BCUT2D eigenvalue weighted by atomic mass is 19.1. The Morgan fingerprint density at radius 1 is 1.50 bits per heavy atom. The van der Waals surface area contributed by atoms with Crippen molar-refractivity contribution in [2.24, 2.45) is 7.05 Å². The maximum absolute atomic E-state index is 13.0. The second-order valence-corrected chi connectivity index (χ2v) is 4.03. The molecule has 18 heavy (non-hydrogen) atoms. The van der Waals surface area contributed by atoms with Crippen LogP contribution in [0, 0.1) is 24.1 Å². The summed E-state index contributed by atoms with van der Waals surface area (Å²) < 4.78 is 14.6. The summed E-state index contributed by atoms with van der Waals surface area (Å²) >= 11 is 0. The Morgan fingerprint density at radius 3 is 2.94 bits per heavy atom. The number of rotatable bonds is 3. The molecule has 1 heterocycles. The van der Waals surface area contributed by atoms with Gasteiger partial charge < -0.3 is 5.32 Å². The number of nitrogens with one attached hydrogen (secondary N) is 1. The van der Waals surface area contributed by atoms with Gasteiger partial charge >= 0.3 is 0 Å². The molecule has 1 aromatic heterocycles. The molecule has 0 amide bonds. The summed E-state index contributed by atoms with van der Waals surface area (Å²) in [5.74, 6) is 0.384. The van der Waals surface area contributed by atoms with E-state index in [4.69, 9.17) is 5.26 Å². The Hall–Kier alpha value is -2.35. The van der Waals surface area contributed by atoms with Crippen LogP contribution in [0.15, 0.2) is 24.3 Å². The molecule has 2 rings (SSSR count). The lowest BCUT2D eigenvalue weighted by atomic mass is 10.2. The highest BCUT2D eigenvalue weighted by Gasteiger charge is 2.12. The second-order valence-electron chi connectivity index (χ2n) is 4.03. The molecule has 0 unspecified atom stereocenters. The van der Waals surface area contributed by atoms with Gasteiger partial charge in [0, 0.05) is 13.6 Å². The standard InChI is InChI=1S/C13H13FN4/c1-9-12(7-15)13(18(2)17-9)16-8-10-4-3-5-11(14)6-10/h3-6,16H,8H2,1-2H3. The molecule has 0 aliphatic heterocycles. The molecule has 0 saturated carbocycles. The van der Waals surface area contributed by atoms with E-state index in [0.717, 1.165) is 5.56 Å². The van der Waals surface area contributed by atoms with Crippen LogP contribution in [-0.2, 0) is 13.6 Å². The molecular weight excluding hydrogens is 231 g/mol. The summed E-state index contributed by atoms with van der Waals surface area (Å²) in [5.41, 5.74) is 2.02. The van der Waals surface area contributed by atoms with Crippen LogP contribution in [0.2, 0.25) is 0 Å². The molecular formula is C13H13FN4. The molecule has 0 saturated heterocycles. The fourth-order valence-corrected chi connectivity index (χ4v) is 1.83. The van der Waals surface area contributed by atoms with Crippen molar-refractivity contribution in [3.05, 3.63) is 46.9 Å². The van der Waals surface area contributed by atoms with Crippen molar-refractivity contribution in [3.63, 3.8) is 0 Å². The number of aryl methyl sites for hydroxylation is 2. The van der Waals surface area contributed by atoms with E-state index in [1.54, 1.807) is 24.7 Å². The van der Waals surface area contributed by atoms with Gasteiger partial charge in [-0.25, -0.2) is 4.39 Å². The van der Waals surface area contributed by atoms with Crippen LogP contribution >= 0.6 is 0 Å². The van der Waals surface area contributed by atoms with Gasteiger partial charge in [0.15, 0.2) is 0 Å². The van der Waals surface area contributed by atoms with E-state index in [1.165, 1.54) is 12.1 Å². The first-order valence-corrected chi connectivity index (χ1v) is 5.54. The third-order valence-electron chi connectivity index (χ3n) is 2.68. The summed E-state index contributed by atoms with van der Waals surface area (Å²) in [5, 5.41) is 16.3. The van der Waals surface area contributed by atoms with Crippen LogP contribution in [0.5, 0.6) is 0 Å². The van der Waals surface area contributed by atoms with Crippen molar-refractivity contribution in [2.75, 3.05) is 5.32 Å². The van der Waals surface area contributed by atoms with Crippen molar-refractivity contribution < 1.29 is 4.39 Å². The number of hydrogen-bond acceptors (Lipinski definition) is 3. The zero-order chi connectivity index (χ0) is 13.1. The molecule has 2 aromatic rings. The topological polar surface area (TPSA) is 53.6 Å². The number of nitriles is 1. The Balaban J connectivity index is 2.19. The van der Waals surface area contributed by atoms with Crippen molar-refractivity contribution in [2.45, 2.75) is 13.5 Å². The van der Waals surface area contributed by atoms with E-state index in [-0.39, 0.29) is 5.82 Å². The van der Waals surface area contributed by atoms with Gasteiger partial charge in [-0.15, -0.1) is 0 Å². The fourth-order valence-electron chi connectivity index (χ4n) is 1.83. The summed E-state index contributed by atoms with van der Waals surface area (Å²) in [7, 11) is 1.77. The molecule has 5 heteroatoms. The summed E-state index contributed by atoms with van der Waals surface area (Å²) in [6.07, 6.45) is 0. The predicted octanol–water partition coefficient (Wildman–Crippen LogP) is 2.35. The van der Waals surface area contributed by atoms with Crippen LogP contribution in [-0.4, -0.2) is 9.78 Å². The minimum atomic E-state index is -0.268. The monoisotopic (exact) mass is 244 g/mol. The third kappa shape index (κ3) is 2.33. The quantitative estimate of drug-likeness (QED) is 0.901. The number of halogens is 1. The van der Waals surface area contributed by atoms with Crippen molar-refractivity contribution >= 4 is 5.82 Å². The van der Waals surface area contributed by atoms with Crippen molar-refractivity contribution in [3.8, 4) is 6.07 Å². The Bertz CT molecular complexity index is 610. The largest absolute Gasteiger partial charge is 0.365 e. The minimum Gasteiger partial charge on any atom is -0.365 e. The number of hydrogen-bond donors (Lipinski definition) is 1. The predicted molar refractivity (Wildman–Crippen MR) is 66.4 cm³/mol. The van der Waals surface area contributed by atoms with Crippen LogP contribution in [0.25, 0.3) is 0 Å². The smallest absolute Gasteiger partial charge is 0.142 e. The van der Waals surface area contributed by atoms with E-state index < -0.39 is 0 Å². The Labute approximate surface area is 105 Å². The molecule has 0 spiro atoms. The molecule has 0 atom stereocenters. The highest BCUT2D eigenvalue weighted by Crippen LogP contribution is 2.18. The lowest BCUT2D eigenvalue weighted by Crippen LogP contribution is -2.06. The molecule has 1 N–H and O–H groups in total. The third-order valence-corrected chi connectivity index (χ3v) is 2.68. The first-order chi connectivity index (χ1) is 8.61. The van der Waals surface area contributed by atoms with Gasteiger partial charge in [0.1, 0.15) is 23.3 Å². The molecule has 0 aliphatic rings. The lowest BCUT2D eigenvalue weighted by molar-refractivity contribution is 0.626. The van der Waals surface area contributed by atoms with E-state index in [0.29, 0.717) is 23.6 Å². The van der Waals surface area contributed by atoms with Gasteiger partial charge in [-0.05, 0) is 24.6 Å². The van der Waals surface area contributed by atoms with Crippen molar-refractivity contribution in [1.29, 1.82) is 5.26 Å². The van der Waals surface area contributed by atoms with Gasteiger partial charge in [0.2, 0.25) is 0 Å². The zero-order valence-corrected chi connectivity index (χ0v) is 10.2. The number of benzene rings is 1. The number of anilines is 1. The van der Waals surface area contributed by atoms with Crippen molar-refractivity contribution in [1.82, 2.24) is 9.78 Å². The van der Waals surface area contributed by atoms with Gasteiger partial charge in [-0.2, -0.15) is 10.4 Å². The van der Waals surface area contributed by atoms with Crippen LogP contribution in [0.4, 0.5) is 10.2 Å². The van der Waals surface area contributed by atoms with E-state index in [1.807, 2.05) is 6.07 Å². The maximum atomic E-state index is 13.0. The van der Waals surface area contributed by atoms with Crippen LogP contribution in [0.1, 0.15) is 16.8 Å². The van der Waals surface area contributed by atoms with Crippen LogP contribution < -0.4 is 5.32 Å². The summed E-state index contributed by atoms with van der Waals surface area (Å²) in [6.45, 7) is 2.23. The van der Waals surface area contributed by atoms with Gasteiger partial charge in [0.25, 0.3) is 0 Å². The van der Waals surface area contributed by atoms with E-state index in [2.05, 4.69) is 16.5 Å². The van der Waals surface area contributed by atoms with E-state index >= 15 is 0 Å². The average Bonchev–Trinajstić information content (AvgIpc) is 2.60. The zero-order valence-electron chi connectivity index (χ0n) is 10.2. The molecule has 0 radical (unpaired) electrons. The first kappa shape index (κ1) is 12.1. The summed E-state index contributed by atoms with van der Waals surface area (Å²) in [6, 6.07) is 8.46. The average molecular weight is 244 g/mol. The van der Waals surface area contributed by atoms with Gasteiger partial charge in [-0.3, -0.25) is 4.68 Å². The second kappa shape index (κ2) is 4.88. The maximum Gasteiger partial charge on any atom is 0.142 e. The van der Waals surface area contributed by atoms with Gasteiger partial charge in [0.05, 0.1) is 5.69 Å². The first-order valence-electron chi connectivity index (χ1n) is 5.54. The summed E-state index contributed by atoms with van der Waals surface area (Å²) in [4.78, 5) is 0. The molecule has 1 aromatic carbocycles. The van der Waals surface area contributed by atoms with Crippen LogP contribution in [0.3, 0.4) is 0 Å². The lowest BCUT2D eigenvalue weighted by Gasteiger charge is -2.07. The number of nitrogens with zero attached hydrogens (tertiary/aromatic N) is 3. The normalized spacial score (nSPS) is 10.1. The molecule has 0 bridgehead atoms. The molecule has 4 nitrogen and oxygen atoms in total. The minimum absolute atomic E-state index is 0.268. The fraction of sp³-hybridized carbons (Fsp3) is 0.231.